The number of hydrogen-bond acceptors (Lipinski definition) is 3. The summed E-state index contributed by atoms with van der Waals surface area (Å²) in [6.45, 7) is 0.895. The predicted molar refractivity (Wildman–Crippen MR) is 85.9 cm³/mol. The van der Waals surface area contributed by atoms with Crippen LogP contribution in [0.5, 0.6) is 0 Å². The van der Waals surface area contributed by atoms with Crippen molar-refractivity contribution in [2.45, 2.75) is 55.9 Å². The zero-order valence-corrected chi connectivity index (χ0v) is 13.6. The number of nitrogens with one attached hydrogen (secondary N) is 2. The maximum absolute atomic E-state index is 12.4. The highest BCUT2D eigenvalue weighted by molar-refractivity contribution is 7.89. The molecule has 0 aliphatic heterocycles. The predicted octanol–water partition coefficient (Wildman–Crippen LogP) is 2.45. The molecule has 0 atom stereocenters. The lowest BCUT2D eigenvalue weighted by atomic mass is 10.1. The van der Waals surface area contributed by atoms with Crippen molar-refractivity contribution in [3.8, 4) is 0 Å². The summed E-state index contributed by atoms with van der Waals surface area (Å²) in [6, 6.07) is 7.33. The molecule has 0 amide bonds. The third kappa shape index (κ3) is 5.09. The molecule has 0 unspecified atom stereocenters. The maximum atomic E-state index is 12.4. The van der Waals surface area contributed by atoms with Crippen molar-refractivity contribution >= 4 is 10.0 Å². The van der Waals surface area contributed by atoms with Crippen LogP contribution in [0.1, 0.15) is 44.1 Å². The minimum Gasteiger partial charge on any atom is -0.319 e. The highest BCUT2D eigenvalue weighted by atomic mass is 32.2. The number of likely N-dealkylation sites (N-methyl/N-ethyl adjacent to an activating group) is 1. The van der Waals surface area contributed by atoms with Crippen molar-refractivity contribution in [1.82, 2.24) is 10.0 Å². The van der Waals surface area contributed by atoms with Gasteiger partial charge in [-0.15, -0.1) is 0 Å². The van der Waals surface area contributed by atoms with Crippen molar-refractivity contribution in [3.63, 3.8) is 0 Å². The molecule has 1 aromatic rings. The molecule has 5 heteroatoms. The topological polar surface area (TPSA) is 58.2 Å². The highest BCUT2D eigenvalue weighted by Crippen LogP contribution is 2.19. The van der Waals surface area contributed by atoms with Gasteiger partial charge in [-0.25, -0.2) is 13.1 Å². The Hall–Kier alpha value is -0.910. The van der Waals surface area contributed by atoms with Crippen LogP contribution in [0.2, 0.25) is 0 Å². The first kappa shape index (κ1) is 16.5. The van der Waals surface area contributed by atoms with Gasteiger partial charge < -0.3 is 5.32 Å². The molecule has 1 fully saturated rings. The summed E-state index contributed by atoms with van der Waals surface area (Å²) >= 11 is 0. The quantitative estimate of drug-likeness (QED) is 0.794. The molecule has 1 saturated carbocycles. The van der Waals surface area contributed by atoms with Crippen LogP contribution in [0.3, 0.4) is 0 Å². The molecule has 1 aromatic carbocycles. The van der Waals surface area contributed by atoms with Gasteiger partial charge in [-0.2, -0.15) is 0 Å². The van der Waals surface area contributed by atoms with Crippen molar-refractivity contribution in [3.05, 3.63) is 29.8 Å². The van der Waals surface area contributed by atoms with E-state index in [0.29, 0.717) is 4.90 Å². The van der Waals surface area contributed by atoms with Crippen LogP contribution in [0.15, 0.2) is 29.2 Å². The average Bonchev–Trinajstić information content (AvgIpc) is 2.73. The van der Waals surface area contributed by atoms with E-state index < -0.39 is 10.0 Å². The number of benzene rings is 1. The second kappa shape index (κ2) is 7.92. The lowest BCUT2D eigenvalue weighted by Crippen LogP contribution is -2.34. The van der Waals surface area contributed by atoms with Crippen molar-refractivity contribution in [1.29, 1.82) is 0 Å². The molecule has 4 nitrogen and oxygen atoms in total. The molecule has 2 N–H and O–H groups in total. The van der Waals surface area contributed by atoms with Crippen LogP contribution in [0, 0.1) is 0 Å². The standard InChI is InChI=1S/C16H26N2O2S/c1-17-13-12-14-8-10-16(11-9-14)21(19,20)18-15-6-4-2-3-5-7-15/h8-11,15,17-18H,2-7,12-13H2,1H3. The van der Waals surface area contributed by atoms with Crippen molar-refractivity contribution in [2.24, 2.45) is 0 Å². The maximum Gasteiger partial charge on any atom is 0.240 e. The van der Waals surface area contributed by atoms with Gasteiger partial charge in [-0.05, 0) is 50.6 Å². The zero-order chi connectivity index (χ0) is 15.1. The molecule has 0 heterocycles. The summed E-state index contributed by atoms with van der Waals surface area (Å²) < 4.78 is 27.7. The fourth-order valence-corrected chi connectivity index (χ4v) is 4.09. The number of hydrogen-bond donors (Lipinski definition) is 2. The lowest BCUT2D eigenvalue weighted by molar-refractivity contribution is 0.510. The molecule has 0 aromatic heterocycles. The van der Waals surface area contributed by atoms with Gasteiger partial charge in [0, 0.05) is 6.04 Å². The van der Waals surface area contributed by atoms with E-state index in [1.807, 2.05) is 19.2 Å². The number of sulfonamides is 1. The van der Waals surface area contributed by atoms with Gasteiger partial charge in [0.2, 0.25) is 10.0 Å². The third-order valence-electron chi connectivity index (χ3n) is 4.07. The fourth-order valence-electron chi connectivity index (χ4n) is 2.79. The molecule has 1 aliphatic rings. The van der Waals surface area contributed by atoms with Crippen LogP contribution in [0.4, 0.5) is 0 Å². The van der Waals surface area contributed by atoms with Gasteiger partial charge in [0.05, 0.1) is 4.90 Å². The minimum atomic E-state index is -3.38. The Morgan fingerprint density at radius 3 is 2.24 bits per heavy atom. The Morgan fingerprint density at radius 2 is 1.67 bits per heavy atom. The van der Waals surface area contributed by atoms with E-state index in [4.69, 9.17) is 0 Å². The van der Waals surface area contributed by atoms with E-state index in [1.165, 1.54) is 12.8 Å². The number of rotatable bonds is 6. The van der Waals surface area contributed by atoms with Crippen LogP contribution in [0.25, 0.3) is 0 Å². The highest BCUT2D eigenvalue weighted by Gasteiger charge is 2.20. The van der Waals surface area contributed by atoms with E-state index in [9.17, 15) is 8.42 Å². The molecule has 21 heavy (non-hydrogen) atoms. The average molecular weight is 310 g/mol. The van der Waals surface area contributed by atoms with E-state index in [2.05, 4.69) is 10.0 Å². The minimum absolute atomic E-state index is 0.0986. The van der Waals surface area contributed by atoms with Gasteiger partial charge in [-0.1, -0.05) is 37.8 Å². The SMILES string of the molecule is CNCCc1ccc(S(=O)(=O)NC2CCCCCC2)cc1. The van der Waals surface area contributed by atoms with Gasteiger partial charge in [0.15, 0.2) is 0 Å². The molecule has 0 saturated heterocycles. The van der Waals surface area contributed by atoms with Crippen molar-refractivity contribution < 1.29 is 8.42 Å². The summed E-state index contributed by atoms with van der Waals surface area (Å²) in [6.07, 6.45) is 7.51. The molecule has 1 aliphatic carbocycles. The van der Waals surface area contributed by atoms with Crippen LogP contribution in [-0.2, 0) is 16.4 Å². The van der Waals surface area contributed by atoms with E-state index in [0.717, 1.165) is 44.2 Å². The monoisotopic (exact) mass is 310 g/mol. The smallest absolute Gasteiger partial charge is 0.240 e. The Labute approximate surface area is 128 Å². The van der Waals surface area contributed by atoms with Crippen LogP contribution >= 0.6 is 0 Å². The zero-order valence-electron chi connectivity index (χ0n) is 12.8. The fraction of sp³-hybridized carbons (Fsp3) is 0.625. The second-order valence-electron chi connectivity index (χ2n) is 5.81. The Morgan fingerprint density at radius 1 is 1.05 bits per heavy atom. The normalized spacial score (nSPS) is 17.6. The molecular formula is C16H26N2O2S. The third-order valence-corrected chi connectivity index (χ3v) is 5.61. The summed E-state index contributed by atoms with van der Waals surface area (Å²) in [5, 5.41) is 3.09. The van der Waals surface area contributed by atoms with Gasteiger partial charge in [0.25, 0.3) is 0 Å². The summed E-state index contributed by atoms with van der Waals surface area (Å²) in [4.78, 5) is 0.375. The van der Waals surface area contributed by atoms with Crippen LogP contribution in [-0.4, -0.2) is 28.1 Å². The van der Waals surface area contributed by atoms with E-state index in [-0.39, 0.29) is 6.04 Å². The summed E-state index contributed by atoms with van der Waals surface area (Å²) in [5.41, 5.74) is 1.15. The second-order valence-corrected chi connectivity index (χ2v) is 7.52. The molecule has 118 valence electrons. The largest absolute Gasteiger partial charge is 0.319 e. The molecular weight excluding hydrogens is 284 g/mol. The molecule has 0 bridgehead atoms. The van der Waals surface area contributed by atoms with Crippen molar-refractivity contribution in [2.75, 3.05) is 13.6 Å². The lowest BCUT2D eigenvalue weighted by Gasteiger charge is -2.16. The molecule has 0 spiro atoms. The first-order chi connectivity index (χ1) is 10.1. The van der Waals surface area contributed by atoms with Gasteiger partial charge in [0.1, 0.15) is 0 Å². The van der Waals surface area contributed by atoms with E-state index >= 15 is 0 Å². The first-order valence-corrected chi connectivity index (χ1v) is 9.36. The van der Waals surface area contributed by atoms with Gasteiger partial charge >= 0.3 is 0 Å². The Bertz CT molecular complexity index is 518. The molecule has 0 radical (unpaired) electrons. The van der Waals surface area contributed by atoms with Crippen LogP contribution < -0.4 is 10.0 Å². The Balaban J connectivity index is 2.01. The van der Waals surface area contributed by atoms with E-state index in [1.54, 1.807) is 12.1 Å². The Kier molecular flexibility index (Phi) is 6.21. The molecule has 2 rings (SSSR count). The summed E-state index contributed by atoms with van der Waals surface area (Å²) in [7, 11) is -1.47. The first-order valence-electron chi connectivity index (χ1n) is 7.88. The van der Waals surface area contributed by atoms with Gasteiger partial charge in [-0.3, -0.25) is 0 Å². The summed E-state index contributed by atoms with van der Waals surface area (Å²) in [5.74, 6) is 0.